The highest BCUT2D eigenvalue weighted by atomic mass is 16.5. The smallest absolute Gasteiger partial charge is 0.119 e. The normalized spacial score (nSPS) is 12.7. The second-order valence-electron chi connectivity index (χ2n) is 15.4. The Morgan fingerprint density at radius 3 is 1.54 bits per heavy atom. The minimum absolute atomic E-state index is 0.0604. The van der Waals surface area contributed by atoms with Crippen LogP contribution in [-0.2, 0) is 0 Å². The first-order chi connectivity index (χ1) is 26.6. The second-order valence-corrected chi connectivity index (χ2v) is 15.4. The molecule has 9 rings (SSSR count). The van der Waals surface area contributed by atoms with E-state index in [1.165, 1.54) is 96.6 Å². The van der Waals surface area contributed by atoms with Gasteiger partial charge in [0.05, 0.1) is 46.0 Å². The Balaban J connectivity index is 1.09. The summed E-state index contributed by atoms with van der Waals surface area (Å²) in [6.07, 6.45) is 13.2. The molecule has 0 saturated carbocycles. The maximum atomic E-state index is 6.29. The van der Waals surface area contributed by atoms with Crippen LogP contribution in [0.2, 0.25) is 0 Å². The second kappa shape index (κ2) is 14.8. The fraction of sp³-hybridized carbons (Fsp3) is 0.306. The lowest BCUT2D eigenvalue weighted by Crippen LogP contribution is -2.08. The molecule has 4 aromatic carbocycles. The van der Waals surface area contributed by atoms with Gasteiger partial charge < -0.3 is 14.7 Å². The quantitative estimate of drug-likeness (QED) is 0.0924. The molecule has 1 aliphatic rings. The highest BCUT2D eigenvalue weighted by Crippen LogP contribution is 2.43. The SMILES string of the molecule is CCCCCCCCCCCCOc1ccc(C2c3[nH]c4c(cccc4c3C)-c3ccc4ccc5ccc(nc5c4n3)-c3cccc4c(C)c2[nH]c34)cc1. The molecule has 2 N–H and O–H groups in total. The molecule has 0 atom stereocenters. The summed E-state index contributed by atoms with van der Waals surface area (Å²) in [4.78, 5) is 18.6. The van der Waals surface area contributed by atoms with Gasteiger partial charge >= 0.3 is 0 Å². The van der Waals surface area contributed by atoms with Gasteiger partial charge in [-0.3, -0.25) is 0 Å². The van der Waals surface area contributed by atoms with Gasteiger partial charge in [-0.05, 0) is 61.2 Å². The number of pyridine rings is 2. The first-order valence-electron chi connectivity index (χ1n) is 20.3. The van der Waals surface area contributed by atoms with Crippen molar-refractivity contribution in [2.24, 2.45) is 0 Å². The number of para-hydroxylation sites is 2. The Bertz CT molecular complexity index is 2460. The molecular weight excluding hydrogens is 661 g/mol. The van der Waals surface area contributed by atoms with E-state index in [0.717, 1.165) is 74.1 Å². The van der Waals surface area contributed by atoms with E-state index >= 15 is 0 Å². The van der Waals surface area contributed by atoms with Gasteiger partial charge in [-0.1, -0.05) is 138 Å². The number of aromatic amines is 2. The van der Waals surface area contributed by atoms with Gasteiger partial charge in [-0.15, -0.1) is 0 Å². The van der Waals surface area contributed by atoms with Crippen molar-refractivity contribution in [3.63, 3.8) is 0 Å². The fourth-order valence-electron chi connectivity index (χ4n) is 8.83. The highest BCUT2D eigenvalue weighted by molar-refractivity contribution is 6.06. The maximum absolute atomic E-state index is 6.29. The van der Waals surface area contributed by atoms with Crippen molar-refractivity contribution in [3.8, 4) is 28.3 Å². The van der Waals surface area contributed by atoms with Gasteiger partial charge in [0.15, 0.2) is 0 Å². The molecule has 5 heteroatoms. The minimum atomic E-state index is -0.0604. The lowest BCUT2D eigenvalue weighted by Gasteiger charge is -2.19. The van der Waals surface area contributed by atoms with Crippen molar-refractivity contribution >= 4 is 43.6 Å². The first-order valence-corrected chi connectivity index (χ1v) is 20.3. The number of aromatic nitrogens is 4. The van der Waals surface area contributed by atoms with Gasteiger partial charge in [-0.2, -0.15) is 0 Å². The van der Waals surface area contributed by atoms with Crippen molar-refractivity contribution in [2.45, 2.75) is 90.9 Å². The fourth-order valence-corrected chi connectivity index (χ4v) is 8.83. The number of nitrogens with one attached hydrogen (secondary N) is 2. The largest absolute Gasteiger partial charge is 0.494 e. The molecular formula is C49H50N4O. The third-order valence-electron chi connectivity index (χ3n) is 11.9. The summed E-state index contributed by atoms with van der Waals surface area (Å²) in [6, 6.07) is 35.0. The minimum Gasteiger partial charge on any atom is -0.494 e. The van der Waals surface area contributed by atoms with E-state index < -0.39 is 0 Å². The van der Waals surface area contributed by atoms with Gasteiger partial charge in [0.1, 0.15) is 5.75 Å². The van der Waals surface area contributed by atoms with Gasteiger partial charge in [-0.25, -0.2) is 9.97 Å². The lowest BCUT2D eigenvalue weighted by atomic mass is 9.88. The molecule has 1 aliphatic heterocycles. The summed E-state index contributed by atoms with van der Waals surface area (Å²) in [5, 5.41) is 4.60. The molecule has 0 saturated heterocycles. The molecule has 5 nitrogen and oxygen atoms in total. The average molecular weight is 711 g/mol. The molecule has 0 unspecified atom stereocenters. The van der Waals surface area contributed by atoms with Crippen LogP contribution in [0.15, 0.2) is 97.1 Å². The Labute approximate surface area is 318 Å². The highest BCUT2D eigenvalue weighted by Gasteiger charge is 2.28. The van der Waals surface area contributed by atoms with Crippen molar-refractivity contribution in [3.05, 3.63) is 125 Å². The van der Waals surface area contributed by atoms with Crippen molar-refractivity contribution in [2.75, 3.05) is 6.61 Å². The Morgan fingerprint density at radius 2 is 1.02 bits per heavy atom. The number of ether oxygens (including phenoxy) is 1. The Kier molecular flexibility index (Phi) is 9.40. The van der Waals surface area contributed by atoms with Crippen LogP contribution < -0.4 is 4.74 Å². The molecule has 0 radical (unpaired) electrons. The van der Waals surface area contributed by atoms with Crippen LogP contribution in [0.3, 0.4) is 0 Å². The zero-order valence-corrected chi connectivity index (χ0v) is 31.9. The van der Waals surface area contributed by atoms with Crippen LogP contribution in [0.25, 0.3) is 66.1 Å². The molecule has 0 fully saturated rings. The summed E-state index contributed by atoms with van der Waals surface area (Å²) >= 11 is 0. The van der Waals surface area contributed by atoms with E-state index in [4.69, 9.17) is 14.7 Å². The molecule has 8 bridgehead atoms. The number of unbranched alkanes of at least 4 members (excludes halogenated alkanes) is 9. The summed E-state index contributed by atoms with van der Waals surface area (Å²) in [5.41, 5.74) is 14.2. The summed E-state index contributed by atoms with van der Waals surface area (Å²) < 4.78 is 6.29. The van der Waals surface area contributed by atoms with Gasteiger partial charge in [0, 0.05) is 44.1 Å². The van der Waals surface area contributed by atoms with Crippen LogP contribution in [0.1, 0.15) is 105 Å². The summed E-state index contributed by atoms with van der Waals surface area (Å²) in [7, 11) is 0. The third-order valence-corrected chi connectivity index (χ3v) is 11.9. The number of fused-ring (bicyclic) bond motifs is 6. The number of benzene rings is 4. The number of aryl methyl sites for hydroxylation is 2. The number of hydrogen-bond donors (Lipinski definition) is 2. The first kappa shape index (κ1) is 34.4. The standard InChI is InChI=1S/C49H50N4O/c1-4-5-6-7-8-9-10-11-12-13-30-54-36-26-22-33(23-27-36)43-44-31(2)37-16-14-18-39(48(37)52-44)41-28-24-34-20-21-35-25-29-42(51-47(35)46(34)50-41)40-19-15-17-38-32(3)45(43)53-49(38)40/h14-29,43,52-53H,4-13,30H2,1-3H3. The van der Waals surface area contributed by atoms with Crippen LogP contribution in [0.5, 0.6) is 5.75 Å². The van der Waals surface area contributed by atoms with E-state index in [2.05, 4.69) is 128 Å². The zero-order valence-electron chi connectivity index (χ0n) is 31.9. The van der Waals surface area contributed by atoms with E-state index in [9.17, 15) is 0 Å². The number of hydrogen-bond acceptors (Lipinski definition) is 3. The topological polar surface area (TPSA) is 66.6 Å². The molecule has 0 spiro atoms. The van der Waals surface area contributed by atoms with E-state index in [1.54, 1.807) is 0 Å². The molecule has 272 valence electrons. The number of H-pyrrole nitrogens is 2. The molecule has 54 heavy (non-hydrogen) atoms. The Morgan fingerprint density at radius 1 is 0.537 bits per heavy atom. The average Bonchev–Trinajstić information content (AvgIpc) is 3.72. The van der Waals surface area contributed by atoms with Crippen LogP contribution in [-0.4, -0.2) is 26.5 Å². The molecule has 5 heterocycles. The van der Waals surface area contributed by atoms with Crippen LogP contribution in [0, 0.1) is 13.8 Å². The number of nitrogens with zero attached hydrogens (tertiary/aromatic N) is 2. The molecule has 0 amide bonds. The van der Waals surface area contributed by atoms with E-state index in [0.29, 0.717) is 0 Å². The number of rotatable bonds is 13. The summed E-state index contributed by atoms with van der Waals surface area (Å²) in [6.45, 7) is 7.56. The Hall–Kier alpha value is -5.42. The monoisotopic (exact) mass is 710 g/mol. The van der Waals surface area contributed by atoms with Crippen LogP contribution >= 0.6 is 0 Å². The molecule has 8 aromatic rings. The molecule has 0 aliphatic carbocycles. The van der Waals surface area contributed by atoms with Crippen molar-refractivity contribution in [1.29, 1.82) is 0 Å². The predicted molar refractivity (Wildman–Crippen MR) is 226 cm³/mol. The van der Waals surface area contributed by atoms with Crippen molar-refractivity contribution < 1.29 is 4.74 Å². The van der Waals surface area contributed by atoms with Gasteiger partial charge in [0.2, 0.25) is 0 Å². The van der Waals surface area contributed by atoms with E-state index in [1.807, 2.05) is 0 Å². The summed E-state index contributed by atoms with van der Waals surface area (Å²) in [5.74, 6) is 0.871. The van der Waals surface area contributed by atoms with Crippen LogP contribution in [0.4, 0.5) is 0 Å². The zero-order chi connectivity index (χ0) is 36.6. The predicted octanol–water partition coefficient (Wildman–Crippen LogP) is 13.5. The van der Waals surface area contributed by atoms with E-state index in [-0.39, 0.29) is 5.92 Å². The van der Waals surface area contributed by atoms with Crippen molar-refractivity contribution in [1.82, 2.24) is 19.9 Å². The van der Waals surface area contributed by atoms with Gasteiger partial charge in [0.25, 0.3) is 0 Å². The maximum Gasteiger partial charge on any atom is 0.119 e. The third kappa shape index (κ3) is 6.24. The lowest BCUT2D eigenvalue weighted by molar-refractivity contribution is 0.304. The molecule has 4 aromatic heterocycles.